The van der Waals surface area contributed by atoms with E-state index in [1.54, 1.807) is 6.26 Å². The Bertz CT molecular complexity index is 277. The molecule has 92 valence electrons. The maximum atomic E-state index is 5.00. The molecule has 4 nitrogen and oxygen atoms in total. The molecule has 0 aromatic carbocycles. The Kier molecular flexibility index (Phi) is 5.80. The first-order valence-corrected chi connectivity index (χ1v) is 5.72. The van der Waals surface area contributed by atoms with E-state index < -0.39 is 0 Å². The summed E-state index contributed by atoms with van der Waals surface area (Å²) in [5, 5.41) is 3.44. The third-order valence-electron chi connectivity index (χ3n) is 2.94. The maximum Gasteiger partial charge on any atom is 0.180 e. The van der Waals surface area contributed by atoms with Crippen LogP contribution in [0.25, 0.3) is 0 Å². The zero-order valence-electron chi connectivity index (χ0n) is 9.69. The Labute approximate surface area is 103 Å². The second-order valence-electron chi connectivity index (χ2n) is 4.10. The second-order valence-corrected chi connectivity index (χ2v) is 4.10. The smallest absolute Gasteiger partial charge is 0.180 e. The standard InChI is InChI=1S/C11H19N3O.ClH/c1-2-3-11-6-12-4-5-14(11)7-10-8-15-9-13-10;/h8-9,11-12H,2-7H2,1H3;1H. The quantitative estimate of drug-likeness (QED) is 0.876. The first kappa shape index (κ1) is 13.5. The number of hydrogen-bond acceptors (Lipinski definition) is 4. The summed E-state index contributed by atoms with van der Waals surface area (Å²) in [6, 6.07) is 0.653. The number of oxazole rings is 1. The van der Waals surface area contributed by atoms with E-state index in [1.807, 2.05) is 0 Å². The molecule has 5 heteroatoms. The van der Waals surface area contributed by atoms with Gasteiger partial charge in [0, 0.05) is 32.2 Å². The topological polar surface area (TPSA) is 41.3 Å². The summed E-state index contributed by atoms with van der Waals surface area (Å²) in [5.41, 5.74) is 1.04. The van der Waals surface area contributed by atoms with Gasteiger partial charge in [0.15, 0.2) is 6.39 Å². The molecule has 1 aromatic heterocycles. The van der Waals surface area contributed by atoms with Gasteiger partial charge in [0.25, 0.3) is 0 Å². The fourth-order valence-corrected chi connectivity index (χ4v) is 2.15. The van der Waals surface area contributed by atoms with Crippen LogP contribution in [0.2, 0.25) is 0 Å². The predicted molar refractivity (Wildman–Crippen MR) is 65.7 cm³/mol. The molecule has 0 aliphatic carbocycles. The van der Waals surface area contributed by atoms with Gasteiger partial charge >= 0.3 is 0 Å². The number of nitrogens with one attached hydrogen (secondary N) is 1. The van der Waals surface area contributed by atoms with E-state index >= 15 is 0 Å². The Balaban J connectivity index is 0.00000128. The Morgan fingerprint density at radius 2 is 2.50 bits per heavy atom. The Morgan fingerprint density at radius 3 is 3.19 bits per heavy atom. The van der Waals surface area contributed by atoms with Gasteiger partial charge in [-0.25, -0.2) is 4.98 Å². The summed E-state index contributed by atoms with van der Waals surface area (Å²) >= 11 is 0. The lowest BCUT2D eigenvalue weighted by Gasteiger charge is -2.35. The maximum absolute atomic E-state index is 5.00. The molecule has 1 aromatic rings. The number of aromatic nitrogens is 1. The van der Waals surface area contributed by atoms with Crippen LogP contribution < -0.4 is 5.32 Å². The largest absolute Gasteiger partial charge is 0.451 e. The highest BCUT2D eigenvalue weighted by atomic mass is 35.5. The van der Waals surface area contributed by atoms with Crippen LogP contribution in [0.5, 0.6) is 0 Å². The predicted octanol–water partition coefficient (Wildman–Crippen LogP) is 1.67. The molecule has 2 heterocycles. The van der Waals surface area contributed by atoms with Crippen LogP contribution in [0, 0.1) is 0 Å². The normalized spacial score (nSPS) is 21.7. The van der Waals surface area contributed by atoms with Gasteiger partial charge in [-0.1, -0.05) is 13.3 Å². The summed E-state index contributed by atoms with van der Waals surface area (Å²) in [5.74, 6) is 0. The van der Waals surface area contributed by atoms with E-state index in [2.05, 4.69) is 22.1 Å². The van der Waals surface area contributed by atoms with Gasteiger partial charge in [-0.05, 0) is 6.42 Å². The highest BCUT2D eigenvalue weighted by Gasteiger charge is 2.21. The van der Waals surface area contributed by atoms with Crippen molar-refractivity contribution in [2.45, 2.75) is 32.4 Å². The molecule has 1 unspecified atom stereocenters. The highest BCUT2D eigenvalue weighted by Crippen LogP contribution is 2.12. The van der Waals surface area contributed by atoms with E-state index in [4.69, 9.17) is 4.42 Å². The minimum atomic E-state index is 0. The van der Waals surface area contributed by atoms with Gasteiger partial charge in [0.05, 0.1) is 5.69 Å². The van der Waals surface area contributed by atoms with Crippen molar-refractivity contribution in [3.8, 4) is 0 Å². The third kappa shape index (κ3) is 3.47. The van der Waals surface area contributed by atoms with Gasteiger partial charge in [0.1, 0.15) is 6.26 Å². The molecular weight excluding hydrogens is 226 g/mol. The first-order chi connectivity index (χ1) is 7.40. The Morgan fingerprint density at radius 1 is 1.62 bits per heavy atom. The van der Waals surface area contributed by atoms with Crippen molar-refractivity contribution >= 4 is 12.4 Å². The SMILES string of the molecule is CCCC1CNCCN1Cc1cocn1.Cl. The van der Waals surface area contributed by atoms with Crippen LogP contribution in [-0.2, 0) is 6.54 Å². The van der Waals surface area contributed by atoms with Crippen LogP contribution >= 0.6 is 12.4 Å². The van der Waals surface area contributed by atoms with Crippen molar-refractivity contribution in [3.05, 3.63) is 18.4 Å². The molecule has 1 aliphatic heterocycles. The summed E-state index contributed by atoms with van der Waals surface area (Å²) in [6.45, 7) is 6.45. The van der Waals surface area contributed by atoms with Crippen molar-refractivity contribution in [1.29, 1.82) is 0 Å². The summed E-state index contributed by atoms with van der Waals surface area (Å²) in [4.78, 5) is 6.67. The molecule has 1 N–H and O–H groups in total. The van der Waals surface area contributed by atoms with Crippen LogP contribution in [-0.4, -0.2) is 35.6 Å². The van der Waals surface area contributed by atoms with E-state index in [0.29, 0.717) is 6.04 Å². The molecule has 1 saturated heterocycles. The van der Waals surface area contributed by atoms with Crippen molar-refractivity contribution in [1.82, 2.24) is 15.2 Å². The zero-order chi connectivity index (χ0) is 10.5. The van der Waals surface area contributed by atoms with E-state index in [0.717, 1.165) is 31.9 Å². The van der Waals surface area contributed by atoms with Crippen LogP contribution in [0.15, 0.2) is 17.1 Å². The van der Waals surface area contributed by atoms with Gasteiger partial charge in [-0.2, -0.15) is 0 Å². The average Bonchev–Trinajstić information content (AvgIpc) is 2.74. The number of rotatable bonds is 4. The minimum absolute atomic E-state index is 0. The lowest BCUT2D eigenvalue weighted by Crippen LogP contribution is -2.50. The first-order valence-electron chi connectivity index (χ1n) is 5.72. The molecule has 1 fully saturated rings. The van der Waals surface area contributed by atoms with Crippen molar-refractivity contribution < 1.29 is 4.42 Å². The van der Waals surface area contributed by atoms with Crippen molar-refractivity contribution in [2.75, 3.05) is 19.6 Å². The van der Waals surface area contributed by atoms with Crippen LogP contribution in [0.4, 0.5) is 0 Å². The monoisotopic (exact) mass is 245 g/mol. The van der Waals surface area contributed by atoms with E-state index in [9.17, 15) is 0 Å². The molecule has 0 bridgehead atoms. The fraction of sp³-hybridized carbons (Fsp3) is 0.727. The van der Waals surface area contributed by atoms with E-state index in [-0.39, 0.29) is 12.4 Å². The number of piperazine rings is 1. The number of halogens is 1. The molecule has 0 spiro atoms. The molecule has 0 saturated carbocycles. The second kappa shape index (κ2) is 6.89. The number of nitrogens with zero attached hydrogens (tertiary/aromatic N) is 2. The lowest BCUT2D eigenvalue weighted by molar-refractivity contribution is 0.142. The summed E-state index contributed by atoms with van der Waals surface area (Å²) in [7, 11) is 0. The number of hydrogen-bond donors (Lipinski definition) is 1. The highest BCUT2D eigenvalue weighted by molar-refractivity contribution is 5.85. The minimum Gasteiger partial charge on any atom is -0.451 e. The van der Waals surface area contributed by atoms with E-state index in [1.165, 1.54) is 19.2 Å². The van der Waals surface area contributed by atoms with Crippen molar-refractivity contribution in [3.63, 3.8) is 0 Å². The fourth-order valence-electron chi connectivity index (χ4n) is 2.15. The van der Waals surface area contributed by atoms with Crippen molar-refractivity contribution in [2.24, 2.45) is 0 Å². The van der Waals surface area contributed by atoms with Crippen LogP contribution in [0.1, 0.15) is 25.5 Å². The van der Waals surface area contributed by atoms with Crippen LogP contribution in [0.3, 0.4) is 0 Å². The summed E-state index contributed by atoms with van der Waals surface area (Å²) < 4.78 is 5.00. The van der Waals surface area contributed by atoms with Gasteiger partial charge in [-0.3, -0.25) is 4.90 Å². The molecule has 2 rings (SSSR count). The van der Waals surface area contributed by atoms with Gasteiger partial charge in [0.2, 0.25) is 0 Å². The van der Waals surface area contributed by atoms with Gasteiger partial charge < -0.3 is 9.73 Å². The Hall–Kier alpha value is -0.580. The van der Waals surface area contributed by atoms with Gasteiger partial charge in [-0.15, -0.1) is 12.4 Å². The molecule has 0 amide bonds. The molecular formula is C11H20ClN3O. The zero-order valence-corrected chi connectivity index (χ0v) is 10.5. The molecule has 1 atom stereocenters. The molecule has 1 aliphatic rings. The third-order valence-corrected chi connectivity index (χ3v) is 2.94. The average molecular weight is 246 g/mol. The molecule has 16 heavy (non-hydrogen) atoms. The lowest BCUT2D eigenvalue weighted by atomic mass is 10.1. The summed E-state index contributed by atoms with van der Waals surface area (Å²) in [6.07, 6.45) is 5.74. The molecule has 0 radical (unpaired) electrons.